The second-order valence-electron chi connectivity index (χ2n) is 4.56. The third kappa shape index (κ3) is 4.20. The van der Waals surface area contributed by atoms with Gasteiger partial charge in [-0.15, -0.1) is 0 Å². The third-order valence-electron chi connectivity index (χ3n) is 2.75. The van der Waals surface area contributed by atoms with Crippen molar-refractivity contribution in [3.05, 3.63) is 40.2 Å². The molecule has 0 aliphatic carbocycles. The maximum absolute atomic E-state index is 13.9. The molecule has 2 rings (SSSR count). The van der Waals surface area contributed by atoms with Crippen LogP contribution in [0.1, 0.15) is 5.69 Å². The van der Waals surface area contributed by atoms with Gasteiger partial charge >= 0.3 is 0 Å². The smallest absolute Gasteiger partial charge is 0.164 e. The Bertz CT molecular complexity index is 640. The second-order valence-corrected chi connectivity index (χ2v) is 5.48. The first kappa shape index (κ1) is 15.8. The summed E-state index contributed by atoms with van der Waals surface area (Å²) < 4.78 is 14.6. The van der Waals surface area contributed by atoms with Crippen LogP contribution >= 0.6 is 15.9 Å². The maximum atomic E-state index is 13.9. The number of aliphatic hydroxyl groups excluding tert-OH is 2. The molecule has 0 amide bonds. The molecule has 0 aliphatic rings. The zero-order valence-electron chi connectivity index (χ0n) is 11.3. The first-order chi connectivity index (χ1) is 9.99. The number of rotatable bonds is 5. The molecule has 3 N–H and O–H groups in total. The summed E-state index contributed by atoms with van der Waals surface area (Å²) in [6.07, 6.45) is -0.883. The van der Waals surface area contributed by atoms with Crippen molar-refractivity contribution in [2.24, 2.45) is 0 Å². The number of aryl methyl sites for hydroxylation is 1. The molecule has 112 valence electrons. The van der Waals surface area contributed by atoms with Crippen molar-refractivity contribution in [1.82, 2.24) is 9.97 Å². The molecule has 0 fully saturated rings. The number of halogens is 2. The van der Waals surface area contributed by atoms with Gasteiger partial charge in [0.25, 0.3) is 0 Å². The van der Waals surface area contributed by atoms with Gasteiger partial charge in [0.1, 0.15) is 11.6 Å². The molecule has 0 aliphatic heterocycles. The Labute approximate surface area is 130 Å². The van der Waals surface area contributed by atoms with Gasteiger partial charge < -0.3 is 15.5 Å². The van der Waals surface area contributed by atoms with E-state index in [2.05, 4.69) is 31.2 Å². The normalized spacial score (nSPS) is 12.2. The first-order valence-electron chi connectivity index (χ1n) is 6.33. The summed E-state index contributed by atoms with van der Waals surface area (Å²) in [6, 6.07) is 6.24. The topological polar surface area (TPSA) is 78.3 Å². The zero-order valence-corrected chi connectivity index (χ0v) is 12.9. The predicted molar refractivity (Wildman–Crippen MR) is 81.4 cm³/mol. The summed E-state index contributed by atoms with van der Waals surface area (Å²) in [5.74, 6) is 0.310. The maximum Gasteiger partial charge on any atom is 0.164 e. The molecule has 0 saturated carbocycles. The standard InChI is InChI=1S/C14H15BrFN3O2/c1-8-4-13(17-6-10(21)7-20)19-14(18-8)11-5-9(15)2-3-12(11)16/h2-5,10,20-21H,6-7H2,1H3,(H,17,18,19). The molecule has 1 unspecified atom stereocenters. The van der Waals surface area contributed by atoms with Crippen molar-refractivity contribution < 1.29 is 14.6 Å². The summed E-state index contributed by atoms with van der Waals surface area (Å²) in [4.78, 5) is 8.47. The van der Waals surface area contributed by atoms with Crippen molar-refractivity contribution in [3.63, 3.8) is 0 Å². The van der Waals surface area contributed by atoms with E-state index in [1.165, 1.54) is 6.07 Å². The molecule has 21 heavy (non-hydrogen) atoms. The van der Waals surface area contributed by atoms with E-state index in [0.717, 1.165) is 4.47 Å². The summed E-state index contributed by atoms with van der Waals surface area (Å²) >= 11 is 3.29. The lowest BCUT2D eigenvalue weighted by atomic mass is 10.2. The van der Waals surface area contributed by atoms with E-state index in [9.17, 15) is 9.50 Å². The summed E-state index contributed by atoms with van der Waals surface area (Å²) in [7, 11) is 0. The Balaban J connectivity index is 2.32. The molecular weight excluding hydrogens is 341 g/mol. The number of nitrogens with one attached hydrogen (secondary N) is 1. The average molecular weight is 356 g/mol. The number of hydrogen-bond donors (Lipinski definition) is 3. The van der Waals surface area contributed by atoms with Crippen molar-refractivity contribution >= 4 is 21.7 Å². The second kappa shape index (κ2) is 6.93. The highest BCUT2D eigenvalue weighted by Crippen LogP contribution is 2.24. The van der Waals surface area contributed by atoms with Gasteiger partial charge in [-0.1, -0.05) is 15.9 Å². The van der Waals surface area contributed by atoms with Gasteiger partial charge in [0, 0.05) is 22.8 Å². The Kier molecular flexibility index (Phi) is 5.22. The highest BCUT2D eigenvalue weighted by Gasteiger charge is 2.11. The van der Waals surface area contributed by atoms with Gasteiger partial charge in [-0.2, -0.15) is 0 Å². The molecule has 2 aromatic rings. The summed E-state index contributed by atoms with van der Waals surface area (Å²) in [5.41, 5.74) is 0.958. The van der Waals surface area contributed by atoms with E-state index in [1.54, 1.807) is 25.1 Å². The van der Waals surface area contributed by atoms with Gasteiger partial charge in [0.15, 0.2) is 5.82 Å². The van der Waals surface area contributed by atoms with Crippen LogP contribution in [0.5, 0.6) is 0 Å². The Morgan fingerprint density at radius 2 is 2.10 bits per heavy atom. The van der Waals surface area contributed by atoms with Gasteiger partial charge in [-0.3, -0.25) is 0 Å². The highest BCUT2D eigenvalue weighted by atomic mass is 79.9. The van der Waals surface area contributed by atoms with E-state index in [0.29, 0.717) is 17.1 Å². The molecule has 0 saturated heterocycles. The lowest BCUT2D eigenvalue weighted by molar-refractivity contribution is 0.105. The first-order valence-corrected chi connectivity index (χ1v) is 7.13. The molecule has 1 aromatic carbocycles. The van der Waals surface area contributed by atoms with Crippen LogP contribution in [-0.2, 0) is 0 Å². The van der Waals surface area contributed by atoms with Crippen molar-refractivity contribution in [2.75, 3.05) is 18.5 Å². The molecule has 5 nitrogen and oxygen atoms in total. The molecule has 0 spiro atoms. The third-order valence-corrected chi connectivity index (χ3v) is 3.25. The number of nitrogens with zero attached hydrogens (tertiary/aromatic N) is 2. The molecule has 1 atom stereocenters. The lowest BCUT2D eigenvalue weighted by Crippen LogP contribution is -2.23. The van der Waals surface area contributed by atoms with Gasteiger partial charge in [-0.25, -0.2) is 14.4 Å². The summed E-state index contributed by atoms with van der Waals surface area (Å²) in [6.45, 7) is 1.58. The van der Waals surface area contributed by atoms with Crippen LogP contribution in [0.4, 0.5) is 10.2 Å². The van der Waals surface area contributed by atoms with Crippen LogP contribution < -0.4 is 5.32 Å². The highest BCUT2D eigenvalue weighted by molar-refractivity contribution is 9.10. The molecule has 0 radical (unpaired) electrons. The number of anilines is 1. The summed E-state index contributed by atoms with van der Waals surface area (Å²) in [5, 5.41) is 21.0. The van der Waals surface area contributed by atoms with Crippen molar-refractivity contribution in [1.29, 1.82) is 0 Å². The fraction of sp³-hybridized carbons (Fsp3) is 0.286. The predicted octanol–water partition coefficient (Wildman–Crippen LogP) is 2.12. The van der Waals surface area contributed by atoms with E-state index >= 15 is 0 Å². The lowest BCUT2D eigenvalue weighted by Gasteiger charge is -2.11. The SMILES string of the molecule is Cc1cc(NCC(O)CO)nc(-c2cc(Br)ccc2F)n1. The quantitative estimate of drug-likeness (QED) is 0.765. The van der Waals surface area contributed by atoms with E-state index < -0.39 is 11.9 Å². The van der Waals surface area contributed by atoms with E-state index in [-0.39, 0.29) is 19.0 Å². The Hall–Kier alpha value is -1.57. The van der Waals surface area contributed by atoms with Crippen molar-refractivity contribution in [2.45, 2.75) is 13.0 Å². The number of hydrogen-bond acceptors (Lipinski definition) is 5. The number of benzene rings is 1. The number of aliphatic hydroxyl groups is 2. The van der Waals surface area contributed by atoms with Crippen LogP contribution in [0.25, 0.3) is 11.4 Å². The van der Waals surface area contributed by atoms with E-state index in [1.807, 2.05) is 0 Å². The van der Waals surface area contributed by atoms with E-state index in [4.69, 9.17) is 5.11 Å². The van der Waals surface area contributed by atoms with Gasteiger partial charge in [-0.05, 0) is 25.1 Å². The van der Waals surface area contributed by atoms with Crippen molar-refractivity contribution in [3.8, 4) is 11.4 Å². The Morgan fingerprint density at radius 1 is 1.33 bits per heavy atom. The number of aromatic nitrogens is 2. The molecule has 7 heteroatoms. The fourth-order valence-corrected chi connectivity index (χ4v) is 2.10. The largest absolute Gasteiger partial charge is 0.394 e. The molecular formula is C14H15BrFN3O2. The van der Waals surface area contributed by atoms with Crippen LogP contribution in [-0.4, -0.2) is 39.4 Å². The van der Waals surface area contributed by atoms with Crippen LogP contribution in [0, 0.1) is 12.7 Å². The van der Waals surface area contributed by atoms with Crippen LogP contribution in [0.2, 0.25) is 0 Å². The molecule has 1 aromatic heterocycles. The minimum Gasteiger partial charge on any atom is -0.394 e. The zero-order chi connectivity index (χ0) is 15.4. The molecule has 0 bridgehead atoms. The molecule has 1 heterocycles. The minimum atomic E-state index is -0.883. The monoisotopic (exact) mass is 355 g/mol. The van der Waals surface area contributed by atoms with Crippen LogP contribution in [0.15, 0.2) is 28.7 Å². The Morgan fingerprint density at radius 3 is 2.81 bits per heavy atom. The van der Waals surface area contributed by atoms with Crippen LogP contribution in [0.3, 0.4) is 0 Å². The average Bonchev–Trinajstić information content (AvgIpc) is 2.46. The van der Waals surface area contributed by atoms with Gasteiger partial charge in [0.2, 0.25) is 0 Å². The fourth-order valence-electron chi connectivity index (χ4n) is 1.74. The minimum absolute atomic E-state index is 0.146. The van der Waals surface area contributed by atoms with Gasteiger partial charge in [0.05, 0.1) is 18.3 Å².